The zero-order valence-electron chi connectivity index (χ0n) is 8.57. The van der Waals surface area contributed by atoms with Crippen LogP contribution in [0.2, 0.25) is 0 Å². The van der Waals surface area contributed by atoms with Crippen LogP contribution in [0.25, 0.3) is 4.96 Å². The summed E-state index contributed by atoms with van der Waals surface area (Å²) in [7, 11) is 1.59. The van der Waals surface area contributed by atoms with Crippen molar-refractivity contribution in [1.82, 2.24) is 14.7 Å². The van der Waals surface area contributed by atoms with Gasteiger partial charge in [0.1, 0.15) is 4.60 Å². The summed E-state index contributed by atoms with van der Waals surface area (Å²) in [5, 5.41) is 4.64. The molecule has 0 saturated heterocycles. The van der Waals surface area contributed by atoms with Gasteiger partial charge in [-0.25, -0.2) is 4.98 Å². The van der Waals surface area contributed by atoms with Gasteiger partial charge in [-0.15, -0.1) is 11.3 Å². The van der Waals surface area contributed by atoms with Crippen LogP contribution in [-0.2, 0) is 4.74 Å². The highest BCUT2D eigenvalue weighted by Gasteiger charge is 2.16. The smallest absolute Gasteiger partial charge is 0.272 e. The number of aromatic nitrogens is 2. The molecule has 2 aromatic heterocycles. The van der Waals surface area contributed by atoms with Crippen molar-refractivity contribution >= 4 is 38.1 Å². The summed E-state index contributed by atoms with van der Waals surface area (Å²) >= 11 is 4.84. The summed E-state index contributed by atoms with van der Waals surface area (Å²) < 4.78 is 7.36. The van der Waals surface area contributed by atoms with Crippen molar-refractivity contribution in [3.8, 4) is 0 Å². The quantitative estimate of drug-likeness (QED) is 0.872. The highest BCUT2D eigenvalue weighted by molar-refractivity contribution is 9.10. The number of nitrogens with zero attached hydrogens (tertiary/aromatic N) is 2. The lowest BCUT2D eigenvalue weighted by atomic mass is 10.4. The molecule has 0 spiro atoms. The third kappa shape index (κ3) is 2.11. The number of carbonyl (C=O) groups is 1. The highest BCUT2D eigenvalue weighted by Crippen LogP contribution is 2.21. The molecule has 7 heteroatoms. The molecule has 2 heterocycles. The van der Waals surface area contributed by atoms with Gasteiger partial charge in [0.25, 0.3) is 5.91 Å². The molecule has 0 unspecified atom stereocenters. The molecule has 0 aliphatic carbocycles. The molecule has 0 aromatic carbocycles. The maximum atomic E-state index is 11.7. The van der Waals surface area contributed by atoms with Crippen LogP contribution in [0.4, 0.5) is 0 Å². The van der Waals surface area contributed by atoms with E-state index < -0.39 is 0 Å². The lowest BCUT2D eigenvalue weighted by Gasteiger charge is -2.01. The van der Waals surface area contributed by atoms with Gasteiger partial charge >= 0.3 is 0 Å². The molecule has 0 aliphatic heterocycles. The van der Waals surface area contributed by atoms with Crippen LogP contribution in [0.3, 0.4) is 0 Å². The van der Waals surface area contributed by atoms with Crippen LogP contribution < -0.4 is 5.32 Å². The standard InChI is InChI=1S/C9H10BrN3O2S/c1-15-4-2-11-8(14)6-7(10)13-3-5-16-9(13)12-6/h3,5H,2,4H2,1H3,(H,11,14). The largest absolute Gasteiger partial charge is 0.383 e. The van der Waals surface area contributed by atoms with Gasteiger partial charge in [0.2, 0.25) is 0 Å². The number of rotatable bonds is 4. The van der Waals surface area contributed by atoms with Crippen LogP contribution in [0, 0.1) is 0 Å². The van der Waals surface area contributed by atoms with Crippen molar-refractivity contribution in [3.05, 3.63) is 21.9 Å². The molecule has 0 saturated carbocycles. The van der Waals surface area contributed by atoms with E-state index in [1.54, 1.807) is 7.11 Å². The second-order valence-corrected chi connectivity index (χ2v) is 4.68. The number of fused-ring (bicyclic) bond motifs is 1. The number of nitrogens with one attached hydrogen (secondary N) is 1. The first-order valence-electron chi connectivity index (χ1n) is 4.62. The monoisotopic (exact) mass is 303 g/mol. The summed E-state index contributed by atoms with van der Waals surface area (Å²) in [5.41, 5.74) is 0.406. The number of hydrogen-bond acceptors (Lipinski definition) is 4. The third-order valence-corrected chi connectivity index (χ3v) is 3.52. The van der Waals surface area contributed by atoms with Gasteiger partial charge in [0.05, 0.1) is 6.61 Å². The molecule has 0 radical (unpaired) electrons. The number of halogens is 1. The Morgan fingerprint density at radius 2 is 2.56 bits per heavy atom. The Kier molecular flexibility index (Phi) is 3.57. The van der Waals surface area contributed by atoms with E-state index in [0.29, 0.717) is 23.4 Å². The predicted octanol–water partition coefficient (Wildman–Crippen LogP) is 1.53. The molecule has 0 fully saturated rings. The van der Waals surface area contributed by atoms with E-state index in [1.165, 1.54) is 11.3 Å². The molecule has 5 nitrogen and oxygen atoms in total. The molecule has 2 aromatic rings. The van der Waals surface area contributed by atoms with Crippen LogP contribution >= 0.6 is 27.3 Å². The Labute approximate surface area is 105 Å². The van der Waals surface area contributed by atoms with Gasteiger partial charge in [-0.2, -0.15) is 0 Å². The Bertz CT molecular complexity index is 508. The van der Waals surface area contributed by atoms with E-state index in [-0.39, 0.29) is 5.91 Å². The SMILES string of the molecule is COCCNC(=O)c1nc2sccn2c1Br. The minimum atomic E-state index is -0.195. The molecule has 2 rings (SSSR count). The van der Waals surface area contributed by atoms with Gasteiger partial charge in [0, 0.05) is 25.2 Å². The van der Waals surface area contributed by atoms with E-state index in [1.807, 2.05) is 16.0 Å². The average molecular weight is 304 g/mol. The molecule has 0 aliphatic rings. The fraction of sp³-hybridized carbons (Fsp3) is 0.333. The van der Waals surface area contributed by atoms with Crippen LogP contribution in [0.1, 0.15) is 10.5 Å². The summed E-state index contributed by atoms with van der Waals surface area (Å²) in [6.45, 7) is 0.971. The Morgan fingerprint density at radius 1 is 1.75 bits per heavy atom. The zero-order chi connectivity index (χ0) is 11.5. The maximum absolute atomic E-state index is 11.7. The molecule has 0 atom stereocenters. The third-order valence-electron chi connectivity index (χ3n) is 2.01. The second-order valence-electron chi connectivity index (χ2n) is 3.06. The van der Waals surface area contributed by atoms with Crippen molar-refractivity contribution in [1.29, 1.82) is 0 Å². The van der Waals surface area contributed by atoms with E-state index in [0.717, 1.165) is 4.96 Å². The molecule has 0 bridgehead atoms. The van der Waals surface area contributed by atoms with Gasteiger partial charge in [-0.3, -0.25) is 9.20 Å². The summed E-state index contributed by atoms with van der Waals surface area (Å²) in [6.07, 6.45) is 1.86. The van der Waals surface area contributed by atoms with Crippen molar-refractivity contribution < 1.29 is 9.53 Å². The van der Waals surface area contributed by atoms with Gasteiger partial charge in [-0.1, -0.05) is 0 Å². The van der Waals surface area contributed by atoms with E-state index in [9.17, 15) is 4.79 Å². The number of carbonyl (C=O) groups excluding carboxylic acids is 1. The van der Waals surface area contributed by atoms with Gasteiger partial charge in [-0.05, 0) is 15.9 Å². The van der Waals surface area contributed by atoms with Crippen LogP contribution in [0.5, 0.6) is 0 Å². The first kappa shape index (κ1) is 11.6. The van der Waals surface area contributed by atoms with Crippen molar-refractivity contribution in [2.75, 3.05) is 20.3 Å². The number of ether oxygens (including phenoxy) is 1. The first-order chi connectivity index (χ1) is 7.74. The van der Waals surface area contributed by atoms with Crippen molar-refractivity contribution in [3.63, 3.8) is 0 Å². The average Bonchev–Trinajstić information content (AvgIpc) is 2.82. The Balaban J connectivity index is 2.16. The maximum Gasteiger partial charge on any atom is 0.272 e. The zero-order valence-corrected chi connectivity index (χ0v) is 11.0. The molecular weight excluding hydrogens is 294 g/mol. The topological polar surface area (TPSA) is 55.6 Å². The highest BCUT2D eigenvalue weighted by atomic mass is 79.9. The molecule has 16 heavy (non-hydrogen) atoms. The van der Waals surface area contributed by atoms with Crippen molar-refractivity contribution in [2.24, 2.45) is 0 Å². The summed E-state index contributed by atoms with van der Waals surface area (Å²) in [5.74, 6) is -0.195. The number of thiazole rings is 1. The van der Waals surface area contributed by atoms with E-state index >= 15 is 0 Å². The number of hydrogen-bond donors (Lipinski definition) is 1. The minimum Gasteiger partial charge on any atom is -0.383 e. The lowest BCUT2D eigenvalue weighted by molar-refractivity contribution is 0.0932. The Hall–Kier alpha value is -0.920. The van der Waals surface area contributed by atoms with Gasteiger partial charge < -0.3 is 10.1 Å². The fourth-order valence-electron chi connectivity index (χ4n) is 1.25. The van der Waals surface area contributed by atoms with E-state index in [4.69, 9.17) is 4.74 Å². The fourth-order valence-corrected chi connectivity index (χ4v) is 2.64. The van der Waals surface area contributed by atoms with E-state index in [2.05, 4.69) is 26.2 Å². The normalized spacial score (nSPS) is 10.9. The minimum absolute atomic E-state index is 0.195. The van der Waals surface area contributed by atoms with Crippen molar-refractivity contribution in [2.45, 2.75) is 0 Å². The summed E-state index contributed by atoms with van der Waals surface area (Å²) in [6, 6.07) is 0. The lowest BCUT2D eigenvalue weighted by Crippen LogP contribution is -2.27. The Morgan fingerprint density at radius 3 is 3.25 bits per heavy atom. The second kappa shape index (κ2) is 4.94. The number of amides is 1. The molecular formula is C9H10BrN3O2S. The first-order valence-corrected chi connectivity index (χ1v) is 6.29. The predicted molar refractivity (Wildman–Crippen MR) is 65.0 cm³/mol. The molecule has 1 amide bonds. The van der Waals surface area contributed by atoms with Gasteiger partial charge in [0.15, 0.2) is 10.7 Å². The van der Waals surface area contributed by atoms with Crippen LogP contribution in [-0.4, -0.2) is 35.6 Å². The molecule has 1 N–H and O–H groups in total. The summed E-state index contributed by atoms with van der Waals surface area (Å²) in [4.78, 5) is 16.8. The molecule has 86 valence electrons. The number of methoxy groups -OCH3 is 1. The number of imidazole rings is 1. The van der Waals surface area contributed by atoms with Crippen LogP contribution in [0.15, 0.2) is 16.2 Å².